The molecule has 1 fully saturated rings. The van der Waals surface area contributed by atoms with Gasteiger partial charge in [-0.3, -0.25) is 14.9 Å². The van der Waals surface area contributed by atoms with Gasteiger partial charge in [-0.05, 0) is 66.4 Å². The maximum atomic E-state index is 13.4. The van der Waals surface area contributed by atoms with Crippen molar-refractivity contribution in [3.05, 3.63) is 102 Å². The molecule has 0 unspecified atom stereocenters. The van der Waals surface area contributed by atoms with E-state index in [4.69, 9.17) is 4.74 Å². The van der Waals surface area contributed by atoms with Gasteiger partial charge in [-0.1, -0.05) is 44.2 Å². The van der Waals surface area contributed by atoms with Crippen LogP contribution in [-0.4, -0.2) is 29.0 Å². The summed E-state index contributed by atoms with van der Waals surface area (Å²) in [6.07, 6.45) is 4.41. The van der Waals surface area contributed by atoms with Gasteiger partial charge in [0.05, 0.1) is 12.2 Å². The molecule has 4 amide bonds. The Morgan fingerprint density at radius 1 is 0.974 bits per heavy atom. The van der Waals surface area contributed by atoms with Crippen molar-refractivity contribution in [3.8, 4) is 5.75 Å². The number of anilines is 1. The number of hydrogen-bond donors (Lipinski definition) is 1. The monoisotopic (exact) mass is 525 g/mol. The van der Waals surface area contributed by atoms with Crippen molar-refractivity contribution in [2.45, 2.75) is 32.7 Å². The summed E-state index contributed by atoms with van der Waals surface area (Å²) < 4.78 is 21.4. The van der Waals surface area contributed by atoms with Gasteiger partial charge < -0.3 is 9.30 Å². The normalized spacial score (nSPS) is 15.6. The van der Waals surface area contributed by atoms with Gasteiger partial charge in [-0.15, -0.1) is 0 Å². The largest absolute Gasteiger partial charge is 0.492 e. The topological polar surface area (TPSA) is 80.6 Å². The Morgan fingerprint density at radius 2 is 1.69 bits per heavy atom. The zero-order chi connectivity index (χ0) is 27.5. The first-order valence-corrected chi connectivity index (χ1v) is 12.8. The SMILES string of the molecule is CC[C@@H](C)c1ccc(OCCn2cc(/C=C3\C(=O)NC(=O)N(c4ccc(F)cc4)C3=O)c3ccccc32)cc1. The van der Waals surface area contributed by atoms with E-state index in [0.29, 0.717) is 24.6 Å². The number of ether oxygens (including phenoxy) is 1. The van der Waals surface area contributed by atoms with Crippen LogP contribution < -0.4 is 15.0 Å². The van der Waals surface area contributed by atoms with E-state index in [-0.39, 0.29) is 11.3 Å². The number of barbiturate groups is 1. The molecule has 1 N–H and O–H groups in total. The molecule has 1 aromatic heterocycles. The van der Waals surface area contributed by atoms with Crippen molar-refractivity contribution in [1.82, 2.24) is 9.88 Å². The lowest BCUT2D eigenvalue weighted by atomic mass is 9.99. The Bertz CT molecular complexity index is 1570. The zero-order valence-corrected chi connectivity index (χ0v) is 21.7. The standard InChI is InChI=1S/C31H28FN3O4/c1-3-20(2)21-8-14-25(15-9-21)39-17-16-34-19-22(26-6-4-5-7-28(26)34)18-27-29(36)33-31(38)35(30(27)37)24-12-10-23(32)11-13-24/h4-15,18-20H,3,16-17H2,1-2H3,(H,33,36,38)/b27-18+/t20-/m1/s1. The maximum absolute atomic E-state index is 13.4. The van der Waals surface area contributed by atoms with Crippen LogP contribution in [0.4, 0.5) is 14.9 Å². The fraction of sp³-hybridized carbons (Fsp3) is 0.194. The molecule has 5 rings (SSSR count). The van der Waals surface area contributed by atoms with E-state index >= 15 is 0 Å². The van der Waals surface area contributed by atoms with E-state index in [0.717, 1.165) is 40.1 Å². The molecule has 0 aliphatic carbocycles. The minimum absolute atomic E-state index is 0.161. The third kappa shape index (κ3) is 5.31. The van der Waals surface area contributed by atoms with Crippen molar-refractivity contribution >= 4 is 40.5 Å². The molecule has 1 aliphatic heterocycles. The predicted octanol–water partition coefficient (Wildman–Crippen LogP) is 6.04. The number of urea groups is 1. The van der Waals surface area contributed by atoms with E-state index in [1.807, 2.05) is 47.2 Å². The zero-order valence-electron chi connectivity index (χ0n) is 21.7. The lowest BCUT2D eigenvalue weighted by molar-refractivity contribution is -0.122. The summed E-state index contributed by atoms with van der Waals surface area (Å²) in [5.41, 5.74) is 2.80. The van der Waals surface area contributed by atoms with Gasteiger partial charge >= 0.3 is 6.03 Å². The number of rotatable bonds is 8. The number of aromatic nitrogens is 1. The van der Waals surface area contributed by atoms with Gasteiger partial charge in [0.15, 0.2) is 0 Å². The molecule has 0 bridgehead atoms. The number of carbonyl (C=O) groups excluding carboxylic acids is 3. The third-order valence-corrected chi connectivity index (χ3v) is 6.97. The Morgan fingerprint density at radius 3 is 2.41 bits per heavy atom. The lowest BCUT2D eigenvalue weighted by Gasteiger charge is -2.26. The lowest BCUT2D eigenvalue weighted by Crippen LogP contribution is -2.54. The molecule has 0 radical (unpaired) electrons. The summed E-state index contributed by atoms with van der Waals surface area (Å²) >= 11 is 0. The van der Waals surface area contributed by atoms with Gasteiger partial charge in [-0.2, -0.15) is 0 Å². The number of fused-ring (bicyclic) bond motifs is 1. The Kier molecular flexibility index (Phi) is 7.27. The van der Waals surface area contributed by atoms with Crippen LogP contribution >= 0.6 is 0 Å². The first-order chi connectivity index (χ1) is 18.9. The van der Waals surface area contributed by atoms with Gasteiger partial charge in [0.25, 0.3) is 11.8 Å². The van der Waals surface area contributed by atoms with E-state index in [1.54, 1.807) is 0 Å². The highest BCUT2D eigenvalue weighted by molar-refractivity contribution is 6.39. The van der Waals surface area contributed by atoms with Crippen LogP contribution in [0.25, 0.3) is 17.0 Å². The van der Waals surface area contributed by atoms with Crippen LogP contribution in [0.3, 0.4) is 0 Å². The molecule has 1 saturated heterocycles. The molecule has 39 heavy (non-hydrogen) atoms. The number of nitrogens with zero attached hydrogens (tertiary/aromatic N) is 2. The molecule has 0 spiro atoms. The van der Waals surface area contributed by atoms with E-state index in [1.165, 1.54) is 23.8 Å². The van der Waals surface area contributed by atoms with E-state index < -0.39 is 23.7 Å². The predicted molar refractivity (Wildman–Crippen MR) is 148 cm³/mol. The van der Waals surface area contributed by atoms with Gasteiger partial charge in [0.1, 0.15) is 23.7 Å². The minimum Gasteiger partial charge on any atom is -0.492 e. The minimum atomic E-state index is -0.884. The number of hydrogen-bond acceptors (Lipinski definition) is 4. The van der Waals surface area contributed by atoms with Crippen LogP contribution in [0.15, 0.2) is 84.6 Å². The summed E-state index contributed by atoms with van der Waals surface area (Å²) in [7, 11) is 0. The molecule has 2 heterocycles. The summed E-state index contributed by atoms with van der Waals surface area (Å²) in [6, 6.07) is 19.8. The molecular formula is C31H28FN3O4. The Balaban J connectivity index is 1.39. The molecular weight excluding hydrogens is 497 g/mol. The molecule has 7 nitrogen and oxygen atoms in total. The van der Waals surface area contributed by atoms with Crippen molar-refractivity contribution in [1.29, 1.82) is 0 Å². The molecule has 3 aromatic carbocycles. The van der Waals surface area contributed by atoms with Crippen molar-refractivity contribution < 1.29 is 23.5 Å². The number of halogens is 1. The molecule has 198 valence electrons. The van der Waals surface area contributed by atoms with Crippen LogP contribution in [0.5, 0.6) is 5.75 Å². The summed E-state index contributed by atoms with van der Waals surface area (Å²) in [4.78, 5) is 39.2. The third-order valence-electron chi connectivity index (χ3n) is 6.97. The summed E-state index contributed by atoms with van der Waals surface area (Å²) in [5.74, 6) is -0.788. The number of nitrogens with one attached hydrogen (secondary N) is 1. The van der Waals surface area contributed by atoms with Crippen molar-refractivity contribution in [2.75, 3.05) is 11.5 Å². The Hall–Kier alpha value is -4.72. The second-order valence-corrected chi connectivity index (χ2v) is 9.46. The average Bonchev–Trinajstić information content (AvgIpc) is 3.29. The Labute approximate surface area is 225 Å². The number of imide groups is 2. The van der Waals surface area contributed by atoms with Crippen LogP contribution in [0.1, 0.15) is 37.3 Å². The highest BCUT2D eigenvalue weighted by Crippen LogP contribution is 2.27. The summed E-state index contributed by atoms with van der Waals surface area (Å²) in [5, 5.41) is 3.04. The van der Waals surface area contributed by atoms with Crippen molar-refractivity contribution in [3.63, 3.8) is 0 Å². The van der Waals surface area contributed by atoms with Crippen molar-refractivity contribution in [2.24, 2.45) is 0 Å². The fourth-order valence-electron chi connectivity index (χ4n) is 4.60. The first kappa shape index (κ1) is 25.9. The average molecular weight is 526 g/mol. The molecule has 1 aliphatic rings. The highest BCUT2D eigenvalue weighted by Gasteiger charge is 2.37. The van der Waals surface area contributed by atoms with E-state index in [2.05, 4.69) is 31.3 Å². The van der Waals surface area contributed by atoms with Gasteiger partial charge in [0.2, 0.25) is 0 Å². The summed E-state index contributed by atoms with van der Waals surface area (Å²) in [6.45, 7) is 5.32. The molecule has 1 atom stereocenters. The maximum Gasteiger partial charge on any atom is 0.335 e. The van der Waals surface area contributed by atoms with Crippen LogP contribution in [0.2, 0.25) is 0 Å². The number of carbonyl (C=O) groups is 3. The second-order valence-electron chi connectivity index (χ2n) is 9.46. The number of amides is 4. The van der Waals surface area contributed by atoms with Gasteiger partial charge in [0, 0.05) is 22.7 Å². The van der Waals surface area contributed by atoms with E-state index in [9.17, 15) is 18.8 Å². The van der Waals surface area contributed by atoms with Crippen LogP contribution in [0, 0.1) is 5.82 Å². The fourth-order valence-corrected chi connectivity index (χ4v) is 4.60. The second kappa shape index (κ2) is 10.9. The smallest absolute Gasteiger partial charge is 0.335 e. The van der Waals surface area contributed by atoms with Gasteiger partial charge in [-0.25, -0.2) is 14.1 Å². The van der Waals surface area contributed by atoms with Crippen LogP contribution in [-0.2, 0) is 16.1 Å². The molecule has 4 aromatic rings. The molecule has 0 saturated carbocycles. The number of para-hydroxylation sites is 1. The number of benzene rings is 3. The molecule has 8 heteroatoms. The quantitative estimate of drug-likeness (QED) is 0.225. The highest BCUT2D eigenvalue weighted by atomic mass is 19.1. The first-order valence-electron chi connectivity index (χ1n) is 12.8.